The van der Waals surface area contributed by atoms with Gasteiger partial charge in [0.1, 0.15) is 22.9 Å². The molecule has 7 nitrogen and oxygen atoms in total. The number of methoxy groups -OCH3 is 1. The van der Waals surface area contributed by atoms with Crippen LogP contribution >= 0.6 is 27.3 Å². The summed E-state index contributed by atoms with van der Waals surface area (Å²) < 4.78 is 11.5. The van der Waals surface area contributed by atoms with Gasteiger partial charge in [0.2, 0.25) is 0 Å². The van der Waals surface area contributed by atoms with Gasteiger partial charge in [-0.05, 0) is 31.2 Å². The Bertz CT molecular complexity index is 1050. The molecule has 0 atom stereocenters. The summed E-state index contributed by atoms with van der Waals surface area (Å²) in [4.78, 5) is 27.5. The van der Waals surface area contributed by atoms with Crippen molar-refractivity contribution in [3.8, 4) is 16.3 Å². The van der Waals surface area contributed by atoms with Crippen LogP contribution in [0, 0.1) is 17.0 Å². The third kappa shape index (κ3) is 4.20. The van der Waals surface area contributed by atoms with Crippen LogP contribution in [0.3, 0.4) is 0 Å². The fraction of sp³-hybridized carbons (Fsp3) is 0.158. The van der Waals surface area contributed by atoms with Crippen molar-refractivity contribution in [1.29, 1.82) is 0 Å². The maximum Gasteiger partial charge on any atom is 0.345 e. The van der Waals surface area contributed by atoms with Crippen LogP contribution < -0.4 is 4.74 Å². The summed E-state index contributed by atoms with van der Waals surface area (Å²) in [6.45, 7) is 1.49. The molecule has 1 aromatic heterocycles. The highest BCUT2D eigenvalue weighted by molar-refractivity contribution is 9.10. The molecule has 0 spiro atoms. The maximum absolute atomic E-state index is 12.3. The molecule has 0 unspecified atom stereocenters. The first-order chi connectivity index (χ1) is 13.4. The predicted octanol–water partition coefficient (Wildman–Crippen LogP) is 5.15. The van der Waals surface area contributed by atoms with Crippen molar-refractivity contribution in [2.24, 2.45) is 0 Å². The van der Waals surface area contributed by atoms with Gasteiger partial charge in [-0.3, -0.25) is 10.1 Å². The molecular weight excluding hydrogens is 448 g/mol. The molecule has 9 heteroatoms. The number of aromatic nitrogens is 1. The van der Waals surface area contributed by atoms with Gasteiger partial charge in [-0.15, -0.1) is 11.3 Å². The Morgan fingerprint density at radius 3 is 2.82 bits per heavy atom. The molecule has 0 amide bonds. The quantitative estimate of drug-likeness (QED) is 0.285. The zero-order chi connectivity index (χ0) is 20.3. The van der Waals surface area contributed by atoms with Crippen LogP contribution in [0.4, 0.5) is 5.69 Å². The van der Waals surface area contributed by atoms with Crippen molar-refractivity contribution in [3.63, 3.8) is 0 Å². The van der Waals surface area contributed by atoms with Crippen LogP contribution in [0.5, 0.6) is 5.75 Å². The van der Waals surface area contributed by atoms with Gasteiger partial charge in [0, 0.05) is 15.4 Å². The van der Waals surface area contributed by atoms with E-state index >= 15 is 0 Å². The van der Waals surface area contributed by atoms with E-state index in [0.29, 0.717) is 22.0 Å². The van der Waals surface area contributed by atoms with Gasteiger partial charge in [0.25, 0.3) is 5.69 Å². The third-order valence-corrected chi connectivity index (χ3v) is 5.35. The van der Waals surface area contributed by atoms with E-state index in [9.17, 15) is 14.9 Å². The van der Waals surface area contributed by atoms with Crippen LogP contribution in [-0.4, -0.2) is 23.0 Å². The lowest BCUT2D eigenvalue weighted by Crippen LogP contribution is -2.09. The minimum absolute atomic E-state index is 0.0749. The number of halogens is 1. The maximum atomic E-state index is 12.3. The van der Waals surface area contributed by atoms with Crippen molar-refractivity contribution in [2.45, 2.75) is 13.5 Å². The van der Waals surface area contributed by atoms with Crippen LogP contribution in [0.15, 0.2) is 46.3 Å². The lowest BCUT2D eigenvalue weighted by Gasteiger charge is -2.06. The van der Waals surface area contributed by atoms with Gasteiger partial charge < -0.3 is 9.47 Å². The van der Waals surface area contributed by atoms with Crippen LogP contribution in [0.2, 0.25) is 0 Å². The second-order valence-electron chi connectivity index (χ2n) is 5.79. The fourth-order valence-corrected chi connectivity index (χ4v) is 3.81. The van der Waals surface area contributed by atoms with E-state index in [4.69, 9.17) is 9.47 Å². The van der Waals surface area contributed by atoms with E-state index < -0.39 is 10.9 Å². The monoisotopic (exact) mass is 462 g/mol. The molecule has 0 N–H and O–H groups in total. The van der Waals surface area contributed by atoms with Gasteiger partial charge in [-0.1, -0.05) is 28.1 Å². The zero-order valence-corrected chi connectivity index (χ0v) is 17.4. The van der Waals surface area contributed by atoms with Crippen molar-refractivity contribution < 1.29 is 19.2 Å². The first-order valence-corrected chi connectivity index (χ1v) is 9.77. The Labute approximate surface area is 173 Å². The number of ether oxygens (including phenoxy) is 2. The van der Waals surface area contributed by atoms with Crippen molar-refractivity contribution in [2.75, 3.05) is 7.11 Å². The molecule has 0 fully saturated rings. The third-order valence-electron chi connectivity index (χ3n) is 3.94. The number of carbonyl (C=O) groups excluding carboxylic acids is 1. The minimum Gasteiger partial charge on any atom is -0.496 e. The number of hydrogen-bond acceptors (Lipinski definition) is 7. The number of aryl methyl sites for hydroxylation is 1. The van der Waals surface area contributed by atoms with Crippen molar-refractivity contribution in [3.05, 3.63) is 73.2 Å². The molecule has 28 heavy (non-hydrogen) atoms. The van der Waals surface area contributed by atoms with E-state index in [0.717, 1.165) is 10.0 Å². The van der Waals surface area contributed by atoms with Gasteiger partial charge in [0.05, 0.1) is 23.3 Å². The van der Waals surface area contributed by atoms with E-state index in [1.807, 2.05) is 18.2 Å². The summed E-state index contributed by atoms with van der Waals surface area (Å²) in [5.41, 5.74) is 1.44. The highest BCUT2D eigenvalue weighted by Gasteiger charge is 2.24. The van der Waals surface area contributed by atoms with Gasteiger partial charge in [0.15, 0.2) is 0 Å². The largest absolute Gasteiger partial charge is 0.496 e. The Morgan fingerprint density at radius 2 is 2.11 bits per heavy atom. The average Bonchev–Trinajstić information content (AvgIpc) is 3.14. The molecule has 0 aliphatic heterocycles. The van der Waals surface area contributed by atoms with E-state index in [1.54, 1.807) is 31.5 Å². The molecule has 0 saturated heterocycles. The van der Waals surface area contributed by atoms with Gasteiger partial charge >= 0.3 is 5.97 Å². The second-order valence-corrected chi connectivity index (χ2v) is 7.57. The molecule has 3 aromatic rings. The van der Waals surface area contributed by atoms with Crippen LogP contribution in [-0.2, 0) is 11.3 Å². The molecule has 1 heterocycles. The van der Waals surface area contributed by atoms with Crippen LogP contribution in [0.25, 0.3) is 10.6 Å². The number of thiazole rings is 1. The average molecular weight is 463 g/mol. The molecular formula is C19H15BrN2O5S. The normalized spacial score (nSPS) is 10.5. The smallest absolute Gasteiger partial charge is 0.345 e. The number of nitro benzene ring substituents is 1. The Morgan fingerprint density at radius 1 is 1.32 bits per heavy atom. The number of carbonyl (C=O) groups is 1. The van der Waals surface area contributed by atoms with E-state index in [1.165, 1.54) is 17.4 Å². The summed E-state index contributed by atoms with van der Waals surface area (Å²) in [5.74, 6) is -0.0820. The summed E-state index contributed by atoms with van der Waals surface area (Å²) in [6.07, 6.45) is 0. The van der Waals surface area contributed by atoms with Gasteiger partial charge in [-0.25, -0.2) is 9.78 Å². The number of rotatable bonds is 6. The SMILES string of the molecule is COc1ccc(Br)cc1-c1nc(COC(=O)c2cccc(C)c2[N+](=O)[O-])cs1. The van der Waals surface area contributed by atoms with Crippen molar-refractivity contribution >= 4 is 38.9 Å². The van der Waals surface area contributed by atoms with E-state index in [2.05, 4.69) is 20.9 Å². The number of nitro groups is 1. The summed E-state index contributed by atoms with van der Waals surface area (Å²) in [5, 5.41) is 13.7. The molecule has 3 rings (SSSR count). The standard InChI is InChI=1S/C19H15BrN2O5S/c1-11-4-3-5-14(17(11)22(24)25)19(23)27-9-13-10-28-18(21-13)15-8-12(20)6-7-16(15)26-2/h3-8,10H,9H2,1-2H3. The zero-order valence-electron chi connectivity index (χ0n) is 15.0. The highest BCUT2D eigenvalue weighted by atomic mass is 79.9. The molecule has 0 radical (unpaired) electrons. The molecule has 2 aromatic carbocycles. The summed E-state index contributed by atoms with van der Waals surface area (Å²) >= 11 is 4.81. The lowest BCUT2D eigenvalue weighted by molar-refractivity contribution is -0.385. The molecule has 0 saturated carbocycles. The lowest BCUT2D eigenvalue weighted by atomic mass is 10.1. The molecule has 0 bridgehead atoms. The second kappa shape index (κ2) is 8.49. The Hall–Kier alpha value is -2.78. The van der Waals surface area contributed by atoms with E-state index in [-0.39, 0.29) is 17.9 Å². The first kappa shape index (κ1) is 20.0. The number of esters is 1. The van der Waals surface area contributed by atoms with Crippen LogP contribution in [0.1, 0.15) is 21.6 Å². The highest BCUT2D eigenvalue weighted by Crippen LogP contribution is 2.34. The minimum atomic E-state index is -0.759. The Balaban J connectivity index is 1.77. The summed E-state index contributed by atoms with van der Waals surface area (Å²) in [7, 11) is 1.58. The molecule has 0 aliphatic carbocycles. The predicted molar refractivity (Wildman–Crippen MR) is 109 cm³/mol. The fourth-order valence-electron chi connectivity index (χ4n) is 2.63. The summed E-state index contributed by atoms with van der Waals surface area (Å²) in [6, 6.07) is 10.1. The molecule has 144 valence electrons. The van der Waals surface area contributed by atoms with Gasteiger partial charge in [-0.2, -0.15) is 0 Å². The number of para-hydroxylation sites is 1. The number of nitrogens with zero attached hydrogens (tertiary/aromatic N) is 2. The first-order valence-electron chi connectivity index (χ1n) is 8.10. The van der Waals surface area contributed by atoms with Crippen molar-refractivity contribution in [1.82, 2.24) is 4.98 Å². The Kier molecular flexibility index (Phi) is 6.05. The topological polar surface area (TPSA) is 91.6 Å². The number of benzene rings is 2. The number of hydrogen-bond donors (Lipinski definition) is 0. The molecule has 0 aliphatic rings.